The summed E-state index contributed by atoms with van der Waals surface area (Å²) in [6.45, 7) is 6.38. The predicted octanol–water partition coefficient (Wildman–Crippen LogP) is 4.27. The van der Waals surface area contributed by atoms with Crippen molar-refractivity contribution in [1.29, 1.82) is 0 Å². The maximum absolute atomic E-state index is 6.44. The van der Waals surface area contributed by atoms with Crippen LogP contribution in [-0.4, -0.2) is 27.3 Å². The second-order valence-corrected chi connectivity index (χ2v) is 7.19. The lowest BCUT2D eigenvalue weighted by Gasteiger charge is -2.31. The maximum Gasteiger partial charge on any atom is 0.0834 e. The zero-order valence-electron chi connectivity index (χ0n) is 12.6. The Kier molecular flexibility index (Phi) is 6.72. The van der Waals surface area contributed by atoms with Gasteiger partial charge >= 0.3 is 0 Å². The van der Waals surface area contributed by atoms with Crippen LogP contribution in [0.1, 0.15) is 57.7 Å². The summed E-state index contributed by atoms with van der Waals surface area (Å²) >= 11 is 8.53. The Morgan fingerprint density at radius 3 is 2.95 bits per heavy atom. The van der Waals surface area contributed by atoms with Gasteiger partial charge < -0.3 is 5.32 Å². The van der Waals surface area contributed by atoms with Gasteiger partial charge in [0, 0.05) is 11.8 Å². The van der Waals surface area contributed by atoms with Crippen molar-refractivity contribution in [3.05, 3.63) is 16.9 Å². The van der Waals surface area contributed by atoms with E-state index in [1.54, 1.807) is 6.20 Å². The molecular formula is C15H26ClN3S. The fourth-order valence-corrected chi connectivity index (χ4v) is 4.49. The number of hydrogen-bond donors (Lipinski definition) is 1. The number of thioether (sulfide) groups is 1. The van der Waals surface area contributed by atoms with E-state index in [-0.39, 0.29) is 0 Å². The van der Waals surface area contributed by atoms with Gasteiger partial charge in [-0.3, -0.25) is 4.68 Å². The SMILES string of the molecule is CCCNC(c1c(Cl)cnn1CCC)C1CCCCS1. The average Bonchev–Trinajstić information content (AvgIpc) is 2.83. The molecule has 1 aliphatic heterocycles. The van der Waals surface area contributed by atoms with Gasteiger partial charge in [0.25, 0.3) is 0 Å². The maximum atomic E-state index is 6.44. The number of rotatable bonds is 7. The van der Waals surface area contributed by atoms with Gasteiger partial charge in [0.1, 0.15) is 0 Å². The first-order chi connectivity index (χ1) is 9.77. The number of aryl methyl sites for hydroxylation is 1. The van der Waals surface area contributed by atoms with Crippen LogP contribution in [0, 0.1) is 0 Å². The summed E-state index contributed by atoms with van der Waals surface area (Å²) in [7, 11) is 0. The fraction of sp³-hybridized carbons (Fsp3) is 0.800. The molecule has 114 valence electrons. The van der Waals surface area contributed by atoms with Gasteiger partial charge in [-0.1, -0.05) is 31.9 Å². The molecule has 2 atom stereocenters. The van der Waals surface area contributed by atoms with Crippen molar-refractivity contribution in [2.45, 2.75) is 63.8 Å². The molecule has 1 fully saturated rings. The lowest BCUT2D eigenvalue weighted by atomic mass is 10.0. The van der Waals surface area contributed by atoms with E-state index in [0.29, 0.717) is 11.3 Å². The van der Waals surface area contributed by atoms with E-state index in [0.717, 1.165) is 31.0 Å². The second kappa shape index (κ2) is 8.30. The molecule has 1 aromatic rings. The highest BCUT2D eigenvalue weighted by atomic mass is 35.5. The first-order valence-electron chi connectivity index (χ1n) is 7.84. The number of nitrogens with zero attached hydrogens (tertiary/aromatic N) is 2. The van der Waals surface area contributed by atoms with Crippen LogP contribution in [-0.2, 0) is 6.54 Å². The molecule has 1 aromatic heterocycles. The second-order valence-electron chi connectivity index (χ2n) is 5.44. The van der Waals surface area contributed by atoms with E-state index in [4.69, 9.17) is 11.6 Å². The topological polar surface area (TPSA) is 29.9 Å². The Morgan fingerprint density at radius 1 is 1.45 bits per heavy atom. The van der Waals surface area contributed by atoms with Crippen molar-refractivity contribution >= 4 is 23.4 Å². The highest BCUT2D eigenvalue weighted by Gasteiger charge is 2.29. The van der Waals surface area contributed by atoms with Crippen LogP contribution in [0.3, 0.4) is 0 Å². The number of halogens is 1. The minimum absolute atomic E-state index is 0.335. The highest BCUT2D eigenvalue weighted by Crippen LogP contribution is 2.37. The van der Waals surface area contributed by atoms with Crippen LogP contribution in [0.15, 0.2) is 6.20 Å². The average molecular weight is 316 g/mol. The molecule has 0 bridgehead atoms. The smallest absolute Gasteiger partial charge is 0.0834 e. The van der Waals surface area contributed by atoms with Gasteiger partial charge in [-0.2, -0.15) is 16.9 Å². The van der Waals surface area contributed by atoms with Crippen LogP contribution >= 0.6 is 23.4 Å². The summed E-state index contributed by atoms with van der Waals surface area (Å²) in [5, 5.41) is 9.62. The third kappa shape index (κ3) is 3.92. The minimum atomic E-state index is 0.335. The monoisotopic (exact) mass is 315 g/mol. The fourth-order valence-electron chi connectivity index (χ4n) is 2.80. The number of hydrogen-bond acceptors (Lipinski definition) is 3. The van der Waals surface area contributed by atoms with Gasteiger partial charge in [0.05, 0.1) is 23.0 Å². The largest absolute Gasteiger partial charge is 0.308 e. The van der Waals surface area contributed by atoms with Gasteiger partial charge in [0.2, 0.25) is 0 Å². The lowest BCUT2D eigenvalue weighted by Crippen LogP contribution is -2.34. The third-order valence-corrected chi connectivity index (χ3v) is 5.52. The molecule has 0 spiro atoms. The Labute approximate surface area is 131 Å². The van der Waals surface area contributed by atoms with Crippen molar-refractivity contribution in [3.8, 4) is 0 Å². The summed E-state index contributed by atoms with van der Waals surface area (Å²) in [5.41, 5.74) is 1.20. The molecule has 1 aliphatic rings. The molecule has 20 heavy (non-hydrogen) atoms. The molecule has 0 amide bonds. The van der Waals surface area contributed by atoms with Crippen LogP contribution in [0.2, 0.25) is 5.02 Å². The lowest BCUT2D eigenvalue weighted by molar-refractivity contribution is 0.438. The Hall–Kier alpha value is -0.190. The van der Waals surface area contributed by atoms with E-state index in [2.05, 4.69) is 40.7 Å². The van der Waals surface area contributed by atoms with Crippen LogP contribution in [0.5, 0.6) is 0 Å². The summed E-state index contributed by atoms with van der Waals surface area (Å²) < 4.78 is 2.10. The van der Waals surface area contributed by atoms with Crippen LogP contribution < -0.4 is 5.32 Å². The first-order valence-corrected chi connectivity index (χ1v) is 9.26. The zero-order chi connectivity index (χ0) is 14.4. The summed E-state index contributed by atoms with van der Waals surface area (Å²) in [6, 6.07) is 0.335. The first kappa shape index (κ1) is 16.2. The Balaban J connectivity index is 2.22. The van der Waals surface area contributed by atoms with Crippen molar-refractivity contribution in [2.75, 3.05) is 12.3 Å². The number of nitrogens with one attached hydrogen (secondary N) is 1. The van der Waals surface area contributed by atoms with Crippen molar-refractivity contribution in [2.24, 2.45) is 0 Å². The van der Waals surface area contributed by atoms with Crippen molar-refractivity contribution in [1.82, 2.24) is 15.1 Å². The Morgan fingerprint density at radius 2 is 2.30 bits per heavy atom. The predicted molar refractivity (Wildman–Crippen MR) is 88.7 cm³/mol. The van der Waals surface area contributed by atoms with Crippen molar-refractivity contribution in [3.63, 3.8) is 0 Å². The summed E-state index contributed by atoms with van der Waals surface area (Å²) in [6.07, 6.45) is 8.00. The van der Waals surface area contributed by atoms with Gasteiger partial charge in [-0.05, 0) is 38.0 Å². The van der Waals surface area contributed by atoms with Crippen molar-refractivity contribution < 1.29 is 0 Å². The van der Waals surface area contributed by atoms with E-state index in [1.165, 1.54) is 30.7 Å². The molecule has 2 heterocycles. The summed E-state index contributed by atoms with van der Waals surface area (Å²) in [4.78, 5) is 0. The molecule has 5 heteroatoms. The molecule has 3 nitrogen and oxygen atoms in total. The van der Waals surface area contributed by atoms with Crippen LogP contribution in [0.25, 0.3) is 0 Å². The Bertz CT molecular complexity index is 402. The minimum Gasteiger partial charge on any atom is -0.308 e. The number of aromatic nitrogens is 2. The van der Waals surface area contributed by atoms with Gasteiger partial charge in [0.15, 0.2) is 0 Å². The standard InChI is InChI=1S/C15H26ClN3S/c1-3-8-17-14(13-7-5-6-10-20-13)15-12(16)11-18-19(15)9-4-2/h11,13-14,17H,3-10H2,1-2H3. The highest BCUT2D eigenvalue weighted by molar-refractivity contribution is 8.00. The quantitative estimate of drug-likeness (QED) is 0.814. The normalized spacial score (nSPS) is 21.1. The molecule has 0 aromatic carbocycles. The molecule has 0 aliphatic carbocycles. The molecule has 0 saturated carbocycles. The summed E-state index contributed by atoms with van der Waals surface area (Å²) in [5.74, 6) is 1.27. The molecular weight excluding hydrogens is 290 g/mol. The van der Waals surface area contributed by atoms with E-state index in [9.17, 15) is 0 Å². The molecule has 2 unspecified atom stereocenters. The van der Waals surface area contributed by atoms with Gasteiger partial charge in [-0.25, -0.2) is 0 Å². The molecule has 2 rings (SSSR count). The van der Waals surface area contributed by atoms with E-state index in [1.807, 2.05) is 0 Å². The molecule has 1 saturated heterocycles. The van der Waals surface area contributed by atoms with Gasteiger partial charge in [-0.15, -0.1) is 0 Å². The molecule has 0 radical (unpaired) electrons. The van der Waals surface area contributed by atoms with E-state index >= 15 is 0 Å². The zero-order valence-corrected chi connectivity index (χ0v) is 14.1. The van der Waals surface area contributed by atoms with Crippen LogP contribution in [0.4, 0.5) is 0 Å². The van der Waals surface area contributed by atoms with E-state index < -0.39 is 0 Å². The third-order valence-electron chi connectivity index (χ3n) is 3.76. The molecule has 1 N–H and O–H groups in total.